The second-order valence-corrected chi connectivity index (χ2v) is 7.78. The van der Waals surface area contributed by atoms with Crippen LogP contribution >= 0.6 is 15.9 Å². The Morgan fingerprint density at radius 1 is 1.04 bits per heavy atom. The molecule has 1 saturated carbocycles. The molecule has 25 heavy (non-hydrogen) atoms. The van der Waals surface area contributed by atoms with Gasteiger partial charge in [-0.15, -0.1) is 0 Å². The monoisotopic (exact) mass is 407 g/mol. The molecule has 136 valence electrons. The predicted octanol–water partition coefficient (Wildman–Crippen LogP) is 2.66. The highest BCUT2D eigenvalue weighted by Crippen LogP contribution is 2.24. The summed E-state index contributed by atoms with van der Waals surface area (Å²) in [5.74, 6) is 0.00790. The molecule has 2 aliphatic rings. The van der Waals surface area contributed by atoms with E-state index in [-0.39, 0.29) is 11.8 Å². The van der Waals surface area contributed by atoms with Crippen molar-refractivity contribution in [1.29, 1.82) is 0 Å². The number of carbonyl (C=O) groups excluding carboxylic acids is 2. The molecule has 1 aromatic rings. The van der Waals surface area contributed by atoms with E-state index < -0.39 is 0 Å². The second-order valence-electron chi connectivity index (χ2n) is 6.87. The predicted molar refractivity (Wildman–Crippen MR) is 102 cm³/mol. The van der Waals surface area contributed by atoms with Crippen LogP contribution in [-0.4, -0.2) is 60.4 Å². The Labute approximate surface area is 157 Å². The fraction of sp³-hybridized carbons (Fsp3) is 0.579. The van der Waals surface area contributed by atoms with Crippen LogP contribution in [0.25, 0.3) is 0 Å². The van der Waals surface area contributed by atoms with E-state index in [1.807, 2.05) is 17.0 Å². The Balaban J connectivity index is 1.36. The number of rotatable bonds is 5. The lowest BCUT2D eigenvalue weighted by Crippen LogP contribution is -2.51. The molecule has 2 fully saturated rings. The summed E-state index contributed by atoms with van der Waals surface area (Å²) in [7, 11) is 0. The summed E-state index contributed by atoms with van der Waals surface area (Å²) in [5.41, 5.74) is 0.612. The van der Waals surface area contributed by atoms with Crippen LogP contribution in [0, 0.1) is 0 Å². The summed E-state index contributed by atoms with van der Waals surface area (Å²) >= 11 is 3.35. The summed E-state index contributed by atoms with van der Waals surface area (Å²) in [5, 5.41) is 2.83. The minimum atomic E-state index is -0.133. The van der Waals surface area contributed by atoms with Crippen molar-refractivity contribution in [3.63, 3.8) is 0 Å². The van der Waals surface area contributed by atoms with E-state index >= 15 is 0 Å². The van der Waals surface area contributed by atoms with E-state index in [9.17, 15) is 9.59 Å². The molecule has 1 N–H and O–H groups in total. The number of carbonyl (C=O) groups is 2. The Morgan fingerprint density at radius 3 is 2.32 bits per heavy atom. The first kappa shape index (κ1) is 18.4. The first-order chi connectivity index (χ1) is 12.1. The van der Waals surface area contributed by atoms with Gasteiger partial charge in [0.1, 0.15) is 0 Å². The lowest BCUT2D eigenvalue weighted by atomic mass is 10.1. The van der Waals surface area contributed by atoms with Gasteiger partial charge in [0.15, 0.2) is 0 Å². The standard InChI is InChI=1S/C19H26BrN3O2/c20-16-7-5-15(6-8-16)19(25)21-10-9-18(24)23-13-11-22(12-14-23)17-3-1-2-4-17/h5-8,17H,1-4,9-14H2,(H,21,25). The van der Waals surface area contributed by atoms with Crippen LogP contribution < -0.4 is 5.32 Å². The number of piperazine rings is 1. The molecular weight excluding hydrogens is 382 g/mol. The Bertz CT molecular complexity index is 591. The number of nitrogens with one attached hydrogen (secondary N) is 1. The molecule has 3 rings (SSSR count). The molecule has 1 saturated heterocycles. The van der Waals surface area contributed by atoms with Crippen LogP contribution in [-0.2, 0) is 4.79 Å². The number of halogens is 1. The van der Waals surface area contributed by atoms with Gasteiger partial charge in [0, 0.05) is 55.2 Å². The van der Waals surface area contributed by atoms with E-state index in [2.05, 4.69) is 26.1 Å². The lowest BCUT2D eigenvalue weighted by Gasteiger charge is -2.38. The minimum absolute atomic E-state index is 0.133. The number of nitrogens with zero attached hydrogens (tertiary/aromatic N) is 2. The first-order valence-electron chi connectivity index (χ1n) is 9.19. The van der Waals surface area contributed by atoms with E-state index in [0.717, 1.165) is 36.7 Å². The highest BCUT2D eigenvalue weighted by atomic mass is 79.9. The van der Waals surface area contributed by atoms with Crippen molar-refractivity contribution in [2.45, 2.75) is 38.1 Å². The number of benzene rings is 1. The third kappa shape index (κ3) is 5.05. The van der Waals surface area contributed by atoms with E-state index in [0.29, 0.717) is 18.5 Å². The Morgan fingerprint density at radius 2 is 1.68 bits per heavy atom. The summed E-state index contributed by atoms with van der Waals surface area (Å²) in [6.45, 7) is 3.99. The maximum Gasteiger partial charge on any atom is 0.251 e. The molecule has 1 heterocycles. The van der Waals surface area contributed by atoms with Crippen LogP contribution in [0.2, 0.25) is 0 Å². The number of hydrogen-bond donors (Lipinski definition) is 1. The van der Waals surface area contributed by atoms with E-state index in [1.165, 1.54) is 25.7 Å². The van der Waals surface area contributed by atoms with Gasteiger partial charge in [-0.2, -0.15) is 0 Å². The van der Waals surface area contributed by atoms with Crippen LogP contribution in [0.15, 0.2) is 28.7 Å². The van der Waals surface area contributed by atoms with Crippen molar-refractivity contribution >= 4 is 27.7 Å². The van der Waals surface area contributed by atoms with E-state index in [4.69, 9.17) is 0 Å². The van der Waals surface area contributed by atoms with E-state index in [1.54, 1.807) is 12.1 Å². The van der Waals surface area contributed by atoms with Gasteiger partial charge in [0.25, 0.3) is 5.91 Å². The molecule has 2 amide bonds. The van der Waals surface area contributed by atoms with Crippen LogP contribution in [0.5, 0.6) is 0 Å². The first-order valence-corrected chi connectivity index (χ1v) is 9.98. The molecule has 1 aromatic carbocycles. The average molecular weight is 408 g/mol. The fourth-order valence-electron chi connectivity index (χ4n) is 3.75. The SMILES string of the molecule is O=C(NCCC(=O)N1CCN(C2CCCC2)CC1)c1ccc(Br)cc1. The average Bonchev–Trinajstić information content (AvgIpc) is 3.17. The van der Waals surface area contributed by atoms with Gasteiger partial charge in [-0.3, -0.25) is 14.5 Å². The van der Waals surface area contributed by atoms with Gasteiger partial charge in [-0.1, -0.05) is 28.8 Å². The Kier molecular flexibility index (Phi) is 6.48. The zero-order valence-electron chi connectivity index (χ0n) is 14.5. The lowest BCUT2D eigenvalue weighted by molar-refractivity contribution is -0.133. The zero-order chi connectivity index (χ0) is 17.6. The third-order valence-corrected chi connectivity index (χ3v) is 5.77. The molecule has 0 bridgehead atoms. The summed E-state index contributed by atoms with van der Waals surface area (Å²) in [6, 6.07) is 7.95. The minimum Gasteiger partial charge on any atom is -0.352 e. The van der Waals surface area contributed by atoms with Crippen molar-refractivity contribution in [3.8, 4) is 0 Å². The van der Waals surface area contributed by atoms with Crippen LogP contribution in [0.4, 0.5) is 0 Å². The quantitative estimate of drug-likeness (QED) is 0.815. The van der Waals surface area contributed by atoms with Gasteiger partial charge < -0.3 is 10.2 Å². The molecule has 6 heteroatoms. The third-order valence-electron chi connectivity index (χ3n) is 5.24. The molecule has 5 nitrogen and oxygen atoms in total. The van der Waals surface area contributed by atoms with Crippen molar-refractivity contribution in [3.05, 3.63) is 34.3 Å². The van der Waals surface area contributed by atoms with Crippen molar-refractivity contribution in [2.75, 3.05) is 32.7 Å². The van der Waals surface area contributed by atoms with Gasteiger partial charge in [0.05, 0.1) is 0 Å². The maximum absolute atomic E-state index is 12.3. The molecule has 0 radical (unpaired) electrons. The topological polar surface area (TPSA) is 52.7 Å². The maximum atomic E-state index is 12.3. The molecule has 0 aromatic heterocycles. The number of amides is 2. The van der Waals surface area contributed by atoms with Gasteiger partial charge in [0.2, 0.25) is 5.91 Å². The second kappa shape index (κ2) is 8.81. The number of hydrogen-bond acceptors (Lipinski definition) is 3. The molecule has 0 atom stereocenters. The summed E-state index contributed by atoms with van der Waals surface area (Å²) in [4.78, 5) is 28.9. The normalized spacial score (nSPS) is 19.2. The summed E-state index contributed by atoms with van der Waals surface area (Å²) in [6.07, 6.45) is 5.70. The zero-order valence-corrected chi connectivity index (χ0v) is 16.1. The highest BCUT2D eigenvalue weighted by molar-refractivity contribution is 9.10. The smallest absolute Gasteiger partial charge is 0.251 e. The van der Waals surface area contributed by atoms with Crippen LogP contribution in [0.3, 0.4) is 0 Å². The van der Waals surface area contributed by atoms with Crippen molar-refractivity contribution < 1.29 is 9.59 Å². The van der Waals surface area contributed by atoms with Crippen molar-refractivity contribution in [2.24, 2.45) is 0 Å². The summed E-state index contributed by atoms with van der Waals surface area (Å²) < 4.78 is 0.941. The van der Waals surface area contributed by atoms with Gasteiger partial charge in [-0.25, -0.2) is 0 Å². The van der Waals surface area contributed by atoms with Crippen LogP contribution in [0.1, 0.15) is 42.5 Å². The largest absolute Gasteiger partial charge is 0.352 e. The molecule has 0 unspecified atom stereocenters. The molecule has 0 spiro atoms. The molecule has 1 aliphatic heterocycles. The molecule has 1 aliphatic carbocycles. The van der Waals surface area contributed by atoms with Gasteiger partial charge in [-0.05, 0) is 37.1 Å². The Hall–Kier alpha value is -1.40. The molecular formula is C19H26BrN3O2. The fourth-order valence-corrected chi connectivity index (χ4v) is 4.01. The van der Waals surface area contributed by atoms with Crippen molar-refractivity contribution in [1.82, 2.24) is 15.1 Å². The highest BCUT2D eigenvalue weighted by Gasteiger charge is 2.27. The van der Waals surface area contributed by atoms with Gasteiger partial charge >= 0.3 is 0 Å².